The number of nitrogens with two attached hydrogens (primary N) is 1. The molecular formula is C17H22FN3O2S. The lowest BCUT2D eigenvalue weighted by Crippen LogP contribution is -2.31. The highest BCUT2D eigenvalue weighted by Gasteiger charge is 2.44. The van der Waals surface area contributed by atoms with Gasteiger partial charge >= 0.3 is 0 Å². The summed E-state index contributed by atoms with van der Waals surface area (Å²) in [4.78, 5) is 25.9. The van der Waals surface area contributed by atoms with Crippen LogP contribution in [0.15, 0.2) is 0 Å². The first kappa shape index (κ1) is 16.0. The van der Waals surface area contributed by atoms with Gasteiger partial charge in [-0.05, 0) is 50.0 Å². The fourth-order valence-electron chi connectivity index (χ4n) is 3.23. The van der Waals surface area contributed by atoms with Crippen molar-refractivity contribution in [1.29, 1.82) is 0 Å². The highest BCUT2D eigenvalue weighted by Crippen LogP contribution is 2.40. The number of halogens is 1. The monoisotopic (exact) mass is 351 g/mol. The Labute approximate surface area is 144 Å². The van der Waals surface area contributed by atoms with E-state index in [1.807, 2.05) is 0 Å². The summed E-state index contributed by atoms with van der Waals surface area (Å²) < 4.78 is 13.1. The first-order chi connectivity index (χ1) is 11.5. The summed E-state index contributed by atoms with van der Waals surface area (Å²) in [6.07, 6.45) is 3.94. The maximum atomic E-state index is 13.1. The number of hydrogen-bond acceptors (Lipinski definition) is 4. The maximum absolute atomic E-state index is 13.1. The number of carbonyl (C=O) groups excluding carboxylic acids is 2. The van der Waals surface area contributed by atoms with Crippen molar-refractivity contribution < 1.29 is 14.0 Å². The number of anilines is 1. The molecule has 0 saturated heterocycles. The summed E-state index contributed by atoms with van der Waals surface area (Å²) in [5, 5.41) is 6.34. The van der Waals surface area contributed by atoms with E-state index < -0.39 is 12.1 Å². The first-order valence-electron chi connectivity index (χ1n) is 8.66. The van der Waals surface area contributed by atoms with Crippen LogP contribution < -0.4 is 16.4 Å². The zero-order chi connectivity index (χ0) is 16.8. The minimum atomic E-state index is -1.04. The van der Waals surface area contributed by atoms with Gasteiger partial charge in [0.15, 0.2) is 0 Å². The Bertz CT molecular complexity index is 686. The van der Waals surface area contributed by atoms with Crippen LogP contribution in [0, 0.1) is 11.8 Å². The number of aryl methyl sites for hydroxylation is 1. The van der Waals surface area contributed by atoms with E-state index in [4.69, 9.17) is 5.73 Å². The van der Waals surface area contributed by atoms with Gasteiger partial charge in [0.1, 0.15) is 11.2 Å². The molecule has 24 heavy (non-hydrogen) atoms. The average Bonchev–Trinajstić information content (AvgIpc) is 3.44. The molecule has 2 amide bonds. The zero-order valence-corrected chi connectivity index (χ0v) is 14.3. The van der Waals surface area contributed by atoms with E-state index in [0.717, 1.165) is 36.1 Å². The van der Waals surface area contributed by atoms with Crippen LogP contribution >= 0.6 is 11.3 Å². The molecule has 4 rings (SSSR count). The van der Waals surface area contributed by atoms with Gasteiger partial charge in [-0.15, -0.1) is 11.3 Å². The molecule has 130 valence electrons. The van der Waals surface area contributed by atoms with E-state index in [-0.39, 0.29) is 24.3 Å². The molecule has 1 aromatic heterocycles. The van der Waals surface area contributed by atoms with Crippen molar-refractivity contribution in [2.75, 3.05) is 11.9 Å². The van der Waals surface area contributed by atoms with Gasteiger partial charge in [0.2, 0.25) is 5.91 Å². The van der Waals surface area contributed by atoms with E-state index in [9.17, 15) is 14.0 Å². The molecule has 0 radical (unpaired) electrons. The lowest BCUT2D eigenvalue weighted by Gasteiger charge is -2.19. The molecule has 2 saturated carbocycles. The molecule has 1 heterocycles. The van der Waals surface area contributed by atoms with Gasteiger partial charge in [-0.2, -0.15) is 0 Å². The number of hydrogen-bond donors (Lipinski definition) is 3. The fourth-order valence-corrected chi connectivity index (χ4v) is 4.47. The van der Waals surface area contributed by atoms with Crippen LogP contribution in [-0.2, 0) is 17.6 Å². The van der Waals surface area contributed by atoms with Crippen molar-refractivity contribution in [3.8, 4) is 0 Å². The number of alkyl halides is 1. The van der Waals surface area contributed by atoms with E-state index in [1.54, 1.807) is 0 Å². The van der Waals surface area contributed by atoms with Gasteiger partial charge in [0, 0.05) is 17.5 Å². The standard InChI is InChI=1S/C17H22FN3O2S/c18-12-6-10(12)15(22)21-17-14(16(23)20-7-8-1-2-8)11-5-9(19)3-4-13(11)24-17/h8-10,12H,1-7,19H2,(H,20,23)(H,21,22)/t9-,10?,12?/m0/s1. The number of nitrogens with one attached hydrogen (secondary N) is 2. The van der Waals surface area contributed by atoms with Crippen molar-refractivity contribution in [3.05, 3.63) is 16.0 Å². The van der Waals surface area contributed by atoms with Crippen molar-refractivity contribution >= 4 is 28.2 Å². The number of fused-ring (bicyclic) bond motifs is 1. The molecule has 0 aliphatic heterocycles. The summed E-state index contributed by atoms with van der Waals surface area (Å²) in [5.74, 6) is -0.436. The van der Waals surface area contributed by atoms with Crippen LogP contribution in [0.1, 0.15) is 46.5 Å². The van der Waals surface area contributed by atoms with Gasteiger partial charge in [-0.1, -0.05) is 0 Å². The molecule has 3 aliphatic carbocycles. The predicted molar refractivity (Wildman–Crippen MR) is 91.0 cm³/mol. The molecule has 2 fully saturated rings. The highest BCUT2D eigenvalue weighted by atomic mass is 32.1. The van der Waals surface area contributed by atoms with Crippen molar-refractivity contribution in [3.63, 3.8) is 0 Å². The maximum Gasteiger partial charge on any atom is 0.254 e. The van der Waals surface area contributed by atoms with Crippen molar-refractivity contribution in [1.82, 2.24) is 5.32 Å². The van der Waals surface area contributed by atoms with Gasteiger partial charge in [-0.25, -0.2) is 4.39 Å². The van der Waals surface area contributed by atoms with Crippen LogP contribution in [0.5, 0.6) is 0 Å². The van der Waals surface area contributed by atoms with E-state index in [2.05, 4.69) is 10.6 Å². The number of thiophene rings is 1. The Morgan fingerprint density at radius 3 is 2.71 bits per heavy atom. The third-order valence-corrected chi connectivity index (χ3v) is 6.27. The van der Waals surface area contributed by atoms with Gasteiger partial charge in [0.05, 0.1) is 11.5 Å². The molecule has 0 spiro atoms. The minimum Gasteiger partial charge on any atom is -0.352 e. The summed E-state index contributed by atoms with van der Waals surface area (Å²) in [7, 11) is 0. The van der Waals surface area contributed by atoms with Gasteiger partial charge in [-0.3, -0.25) is 9.59 Å². The second-order valence-corrected chi connectivity index (χ2v) is 8.32. The van der Waals surface area contributed by atoms with Gasteiger partial charge < -0.3 is 16.4 Å². The molecule has 7 heteroatoms. The third-order valence-electron chi connectivity index (χ3n) is 5.06. The van der Waals surface area contributed by atoms with Crippen LogP contribution in [0.25, 0.3) is 0 Å². The SMILES string of the molecule is N[C@H]1CCc2sc(NC(=O)C3CC3F)c(C(=O)NCC3CC3)c2C1. The molecule has 1 aromatic rings. The Morgan fingerprint density at radius 1 is 1.29 bits per heavy atom. The first-order valence-corrected chi connectivity index (χ1v) is 9.47. The molecule has 3 atom stereocenters. The second kappa shape index (κ2) is 6.11. The van der Waals surface area contributed by atoms with Crippen molar-refractivity contribution in [2.24, 2.45) is 17.6 Å². The Kier molecular flexibility index (Phi) is 4.08. The average molecular weight is 351 g/mol. The molecule has 0 bridgehead atoms. The second-order valence-electron chi connectivity index (χ2n) is 7.21. The molecular weight excluding hydrogens is 329 g/mol. The van der Waals surface area contributed by atoms with Crippen LogP contribution in [0.3, 0.4) is 0 Å². The summed E-state index contributed by atoms with van der Waals surface area (Å²) in [6, 6.07) is 0.0456. The van der Waals surface area contributed by atoms with E-state index in [1.165, 1.54) is 11.3 Å². The minimum absolute atomic E-state index is 0.0456. The van der Waals surface area contributed by atoms with Crippen LogP contribution in [-0.4, -0.2) is 30.6 Å². The van der Waals surface area contributed by atoms with Crippen LogP contribution in [0.2, 0.25) is 0 Å². The molecule has 2 unspecified atom stereocenters. The Hall–Kier alpha value is -1.47. The normalized spacial score (nSPS) is 28.2. The third kappa shape index (κ3) is 3.19. The van der Waals surface area contributed by atoms with Crippen molar-refractivity contribution in [2.45, 2.75) is 50.7 Å². The predicted octanol–water partition coefficient (Wildman–Crippen LogP) is 2.00. The Balaban J connectivity index is 1.58. The number of rotatable bonds is 5. The molecule has 3 aliphatic rings. The molecule has 4 N–H and O–H groups in total. The summed E-state index contributed by atoms with van der Waals surface area (Å²) in [5.41, 5.74) is 7.59. The highest BCUT2D eigenvalue weighted by molar-refractivity contribution is 7.17. The Morgan fingerprint density at radius 2 is 2.04 bits per heavy atom. The topological polar surface area (TPSA) is 84.2 Å². The largest absolute Gasteiger partial charge is 0.352 e. The summed E-state index contributed by atoms with van der Waals surface area (Å²) >= 11 is 1.45. The smallest absolute Gasteiger partial charge is 0.254 e. The van der Waals surface area contributed by atoms with E-state index in [0.29, 0.717) is 29.4 Å². The molecule has 5 nitrogen and oxygen atoms in total. The molecule has 0 aromatic carbocycles. The van der Waals surface area contributed by atoms with E-state index >= 15 is 0 Å². The zero-order valence-electron chi connectivity index (χ0n) is 13.4. The fraction of sp³-hybridized carbons (Fsp3) is 0.647. The van der Waals surface area contributed by atoms with Crippen LogP contribution in [0.4, 0.5) is 9.39 Å². The number of amides is 2. The quantitative estimate of drug-likeness (QED) is 0.759. The van der Waals surface area contributed by atoms with Gasteiger partial charge in [0.25, 0.3) is 5.91 Å². The number of carbonyl (C=O) groups is 2. The lowest BCUT2D eigenvalue weighted by atomic mass is 9.91. The lowest BCUT2D eigenvalue weighted by molar-refractivity contribution is -0.117. The summed E-state index contributed by atoms with van der Waals surface area (Å²) in [6.45, 7) is 0.679.